The smallest absolute Gasteiger partial charge is 0.125 e. The number of anilines is 2. The molecule has 1 aromatic rings. The van der Waals surface area contributed by atoms with Gasteiger partial charge in [0.2, 0.25) is 0 Å². The van der Waals surface area contributed by atoms with Crippen LogP contribution >= 0.6 is 11.8 Å². The Hall–Kier alpha value is -0.900. The van der Waals surface area contributed by atoms with Crippen LogP contribution < -0.4 is 11.1 Å². The number of hydrogen-bond donors (Lipinski definition) is 2. The second kappa shape index (κ2) is 5.63. The van der Waals surface area contributed by atoms with Crippen LogP contribution in [0.5, 0.6) is 0 Å². The van der Waals surface area contributed by atoms with Gasteiger partial charge in [0.15, 0.2) is 0 Å². The van der Waals surface area contributed by atoms with Crippen molar-refractivity contribution in [2.24, 2.45) is 0 Å². The summed E-state index contributed by atoms with van der Waals surface area (Å²) in [5.41, 5.74) is 7.14. The molecule has 1 fully saturated rings. The van der Waals surface area contributed by atoms with Crippen LogP contribution in [0.3, 0.4) is 0 Å². The minimum absolute atomic E-state index is 0.279. The fourth-order valence-corrected chi connectivity index (χ4v) is 3.07. The highest BCUT2D eigenvalue weighted by atomic mass is 32.2. The number of nitrogen functional groups attached to an aromatic ring is 1. The van der Waals surface area contributed by atoms with Crippen molar-refractivity contribution in [1.82, 2.24) is 0 Å². The average Bonchev–Trinajstić information content (AvgIpc) is 2.34. The summed E-state index contributed by atoms with van der Waals surface area (Å²) >= 11 is 1.96. The van der Waals surface area contributed by atoms with E-state index in [-0.39, 0.29) is 5.82 Å². The molecule has 3 N–H and O–H groups in total. The molecule has 17 heavy (non-hydrogen) atoms. The lowest BCUT2D eigenvalue weighted by molar-refractivity contribution is 0.473. The monoisotopic (exact) mass is 254 g/mol. The van der Waals surface area contributed by atoms with E-state index >= 15 is 0 Å². The lowest BCUT2D eigenvalue weighted by atomic mass is 9.94. The van der Waals surface area contributed by atoms with E-state index in [0.29, 0.717) is 11.7 Å². The van der Waals surface area contributed by atoms with E-state index < -0.39 is 0 Å². The maximum atomic E-state index is 12.9. The van der Waals surface area contributed by atoms with Gasteiger partial charge in [-0.05, 0) is 50.1 Å². The van der Waals surface area contributed by atoms with Crippen LogP contribution in [0.4, 0.5) is 15.8 Å². The first kappa shape index (κ1) is 12.6. The zero-order chi connectivity index (χ0) is 12.3. The molecule has 1 aromatic carbocycles. The summed E-state index contributed by atoms with van der Waals surface area (Å²) in [6.07, 6.45) is 7.01. The van der Waals surface area contributed by atoms with Gasteiger partial charge in [-0.1, -0.05) is 0 Å². The van der Waals surface area contributed by atoms with E-state index in [0.717, 1.165) is 10.9 Å². The highest BCUT2D eigenvalue weighted by molar-refractivity contribution is 7.99. The Morgan fingerprint density at radius 1 is 1.29 bits per heavy atom. The van der Waals surface area contributed by atoms with Crippen LogP contribution in [-0.2, 0) is 0 Å². The zero-order valence-electron chi connectivity index (χ0n) is 10.1. The van der Waals surface area contributed by atoms with Crippen molar-refractivity contribution in [3.63, 3.8) is 0 Å². The van der Waals surface area contributed by atoms with Gasteiger partial charge in [0, 0.05) is 11.3 Å². The van der Waals surface area contributed by atoms with Crippen molar-refractivity contribution < 1.29 is 4.39 Å². The number of hydrogen-bond acceptors (Lipinski definition) is 3. The van der Waals surface area contributed by atoms with E-state index in [4.69, 9.17) is 5.73 Å². The number of thioether (sulfide) groups is 1. The van der Waals surface area contributed by atoms with Crippen LogP contribution in [0, 0.1) is 5.82 Å². The fourth-order valence-electron chi connectivity index (χ4n) is 2.33. The minimum atomic E-state index is -0.279. The van der Waals surface area contributed by atoms with Crippen LogP contribution in [0.15, 0.2) is 18.2 Å². The summed E-state index contributed by atoms with van der Waals surface area (Å²) in [4.78, 5) is 0. The van der Waals surface area contributed by atoms with Gasteiger partial charge in [-0.15, -0.1) is 0 Å². The predicted octanol–water partition coefficient (Wildman–Crippen LogP) is 3.49. The standard InChI is InChI=1S/C13H19FN2S/c1-17-11-5-3-10(4-6-11)16-13-7-2-9(14)8-12(13)15/h2,7-8,10-11,16H,3-6,15H2,1H3. The van der Waals surface area contributed by atoms with Crippen molar-refractivity contribution in [3.8, 4) is 0 Å². The van der Waals surface area contributed by atoms with Gasteiger partial charge < -0.3 is 11.1 Å². The summed E-state index contributed by atoms with van der Waals surface area (Å²) in [7, 11) is 0. The van der Waals surface area contributed by atoms with Crippen molar-refractivity contribution in [3.05, 3.63) is 24.0 Å². The lowest BCUT2D eigenvalue weighted by Gasteiger charge is -2.29. The molecular formula is C13H19FN2S. The summed E-state index contributed by atoms with van der Waals surface area (Å²) in [5.74, 6) is -0.279. The lowest BCUT2D eigenvalue weighted by Crippen LogP contribution is -2.27. The number of nitrogens with two attached hydrogens (primary N) is 1. The molecule has 1 aliphatic carbocycles. The molecule has 0 bridgehead atoms. The van der Waals surface area contributed by atoms with Crippen molar-refractivity contribution in [2.45, 2.75) is 37.0 Å². The van der Waals surface area contributed by atoms with Gasteiger partial charge in [0.05, 0.1) is 11.4 Å². The molecule has 0 saturated heterocycles. The first-order chi connectivity index (χ1) is 8.19. The number of halogens is 1. The zero-order valence-corrected chi connectivity index (χ0v) is 10.9. The third-order valence-electron chi connectivity index (χ3n) is 3.38. The van der Waals surface area contributed by atoms with Crippen molar-refractivity contribution in [2.75, 3.05) is 17.3 Å². The van der Waals surface area contributed by atoms with Gasteiger partial charge in [0.25, 0.3) is 0 Å². The average molecular weight is 254 g/mol. The normalized spacial score (nSPS) is 24.6. The first-order valence-electron chi connectivity index (χ1n) is 6.03. The second-order valence-corrected chi connectivity index (χ2v) is 5.72. The number of benzene rings is 1. The molecule has 94 valence electrons. The molecular weight excluding hydrogens is 235 g/mol. The quantitative estimate of drug-likeness (QED) is 0.811. The highest BCUT2D eigenvalue weighted by Crippen LogP contribution is 2.30. The minimum Gasteiger partial charge on any atom is -0.397 e. The predicted molar refractivity (Wildman–Crippen MR) is 74.0 cm³/mol. The molecule has 0 unspecified atom stereocenters. The van der Waals surface area contributed by atoms with Crippen LogP contribution in [0.25, 0.3) is 0 Å². The van der Waals surface area contributed by atoms with Gasteiger partial charge >= 0.3 is 0 Å². The van der Waals surface area contributed by atoms with Gasteiger partial charge in [0.1, 0.15) is 5.82 Å². The third kappa shape index (κ3) is 3.28. The van der Waals surface area contributed by atoms with Gasteiger partial charge in [-0.2, -0.15) is 11.8 Å². The molecule has 0 spiro atoms. The molecule has 0 radical (unpaired) electrons. The Labute approximate surface area is 106 Å². The largest absolute Gasteiger partial charge is 0.397 e. The summed E-state index contributed by atoms with van der Waals surface area (Å²) in [6.45, 7) is 0. The second-order valence-electron chi connectivity index (χ2n) is 4.59. The molecule has 2 nitrogen and oxygen atoms in total. The van der Waals surface area contributed by atoms with E-state index in [1.54, 1.807) is 6.07 Å². The van der Waals surface area contributed by atoms with Gasteiger partial charge in [-0.25, -0.2) is 4.39 Å². The topological polar surface area (TPSA) is 38.0 Å². The molecule has 0 aliphatic heterocycles. The Balaban J connectivity index is 1.93. The third-order valence-corrected chi connectivity index (χ3v) is 4.52. The SMILES string of the molecule is CSC1CCC(Nc2ccc(F)cc2N)CC1. The Bertz CT molecular complexity index is 376. The summed E-state index contributed by atoms with van der Waals surface area (Å²) in [6, 6.07) is 5.03. The van der Waals surface area contributed by atoms with Crippen LogP contribution in [0.2, 0.25) is 0 Å². The fraction of sp³-hybridized carbons (Fsp3) is 0.538. The van der Waals surface area contributed by atoms with Crippen LogP contribution in [-0.4, -0.2) is 17.5 Å². The Morgan fingerprint density at radius 3 is 2.59 bits per heavy atom. The molecule has 1 saturated carbocycles. The summed E-state index contributed by atoms with van der Waals surface area (Å²) < 4.78 is 12.9. The highest BCUT2D eigenvalue weighted by Gasteiger charge is 2.20. The van der Waals surface area contributed by atoms with E-state index in [1.807, 2.05) is 11.8 Å². The molecule has 0 heterocycles. The van der Waals surface area contributed by atoms with E-state index in [9.17, 15) is 4.39 Å². The molecule has 0 amide bonds. The first-order valence-corrected chi connectivity index (χ1v) is 7.32. The summed E-state index contributed by atoms with van der Waals surface area (Å²) in [5, 5.41) is 4.22. The Kier molecular flexibility index (Phi) is 4.15. The van der Waals surface area contributed by atoms with E-state index in [1.165, 1.54) is 37.8 Å². The molecule has 4 heteroatoms. The number of nitrogens with one attached hydrogen (secondary N) is 1. The molecule has 1 aliphatic rings. The molecule has 2 rings (SSSR count). The molecule has 0 aromatic heterocycles. The van der Waals surface area contributed by atoms with Gasteiger partial charge in [-0.3, -0.25) is 0 Å². The van der Waals surface area contributed by atoms with Crippen LogP contribution in [0.1, 0.15) is 25.7 Å². The maximum absolute atomic E-state index is 12.9. The Morgan fingerprint density at radius 2 is 2.00 bits per heavy atom. The van der Waals surface area contributed by atoms with E-state index in [2.05, 4.69) is 11.6 Å². The number of rotatable bonds is 3. The van der Waals surface area contributed by atoms with Crippen molar-refractivity contribution in [1.29, 1.82) is 0 Å². The maximum Gasteiger partial charge on any atom is 0.125 e. The van der Waals surface area contributed by atoms with Crippen molar-refractivity contribution >= 4 is 23.1 Å². The molecule has 0 atom stereocenters.